The molecule has 0 aliphatic carbocycles. The molecule has 1 aliphatic heterocycles. The summed E-state index contributed by atoms with van der Waals surface area (Å²) in [7, 11) is -4.43. The summed E-state index contributed by atoms with van der Waals surface area (Å²) in [4.78, 5) is 25.2. The molecule has 1 heterocycles. The van der Waals surface area contributed by atoms with Gasteiger partial charge in [0.25, 0.3) is 21.8 Å². The van der Waals surface area contributed by atoms with Crippen LogP contribution >= 0.6 is 0 Å². The van der Waals surface area contributed by atoms with Crippen LogP contribution in [0.2, 0.25) is 0 Å². The third kappa shape index (κ3) is 3.31. The minimum atomic E-state index is -4.43. The van der Waals surface area contributed by atoms with Crippen molar-refractivity contribution in [2.24, 2.45) is 0 Å². The van der Waals surface area contributed by atoms with Crippen molar-refractivity contribution in [1.82, 2.24) is 0 Å². The van der Waals surface area contributed by atoms with Crippen molar-refractivity contribution in [2.45, 2.75) is 18.4 Å². The van der Waals surface area contributed by atoms with Crippen LogP contribution in [0.5, 0.6) is 0 Å². The Hall–Kier alpha value is -1.51. The van der Waals surface area contributed by atoms with Crippen molar-refractivity contribution < 1.29 is 22.6 Å². The molecule has 0 saturated heterocycles. The molecule has 6 nitrogen and oxygen atoms in total. The molecule has 3 rings (SSSR count). The first-order valence-corrected chi connectivity index (χ1v) is 8.25. The predicted molar refractivity (Wildman–Crippen MR) is 90.1 cm³/mol. The van der Waals surface area contributed by atoms with Gasteiger partial charge in [-0.3, -0.25) is 14.1 Å². The first kappa shape index (κ1) is 18.8. The molecule has 0 aromatic heterocycles. The monoisotopic (exact) mass is 355 g/mol. The Kier molecular flexibility index (Phi) is 5.31. The molecule has 1 N–H and O–H groups in total. The number of hydrogen-bond donors (Lipinski definition) is 1. The van der Waals surface area contributed by atoms with Gasteiger partial charge in [0.15, 0.2) is 0 Å². The third-order valence-corrected chi connectivity index (χ3v) is 4.68. The molecule has 0 bridgehead atoms. The molecule has 8 heteroatoms. The summed E-state index contributed by atoms with van der Waals surface area (Å²) >= 11 is 0. The predicted octanol–water partition coefficient (Wildman–Crippen LogP) is 1.32. The zero-order valence-electron chi connectivity index (χ0n) is 12.2. The first-order chi connectivity index (χ1) is 10.8. The van der Waals surface area contributed by atoms with E-state index < -0.39 is 26.7 Å². The molecular weight excluding hydrogens is 341 g/mol. The second-order valence-corrected chi connectivity index (χ2v) is 6.72. The number of ketones is 1. The van der Waals surface area contributed by atoms with Crippen LogP contribution in [0.15, 0.2) is 47.4 Å². The van der Waals surface area contributed by atoms with E-state index in [9.17, 15) is 18.0 Å². The summed E-state index contributed by atoms with van der Waals surface area (Å²) in [5.74, 6) is -1.49. The molecule has 0 atom stereocenters. The molecule has 2 aromatic carbocycles. The molecule has 1 aliphatic rings. The third-order valence-electron chi connectivity index (χ3n) is 3.83. The molecule has 0 saturated carbocycles. The number of fused-ring (bicyclic) bond motifs is 1. The molecule has 24 heavy (non-hydrogen) atoms. The van der Waals surface area contributed by atoms with Gasteiger partial charge in [0.05, 0.1) is 22.7 Å². The fourth-order valence-corrected chi connectivity index (χ4v) is 3.06. The van der Waals surface area contributed by atoms with Crippen molar-refractivity contribution in [3.8, 4) is 0 Å². The van der Waals surface area contributed by atoms with Gasteiger partial charge in [0, 0.05) is 0 Å². The van der Waals surface area contributed by atoms with Gasteiger partial charge in [0.2, 0.25) is 0 Å². The van der Waals surface area contributed by atoms with Crippen LogP contribution < -0.4 is 4.90 Å². The van der Waals surface area contributed by atoms with Gasteiger partial charge in [-0.05, 0) is 36.2 Å². The van der Waals surface area contributed by atoms with E-state index in [1.54, 1.807) is 0 Å². The van der Waals surface area contributed by atoms with Crippen LogP contribution in [0, 0.1) is 6.92 Å². The SMILES string of the molecule is Cc1ccccc1CN1C(=O)C(=O)c2cc(S(=O)(=O)O)ccc21.[NaH]. The Balaban J connectivity index is 0.00000208. The number of carbonyl (C=O) groups is 2. The topological polar surface area (TPSA) is 91.8 Å². The average molecular weight is 355 g/mol. The van der Waals surface area contributed by atoms with Gasteiger partial charge in [-0.2, -0.15) is 8.42 Å². The summed E-state index contributed by atoms with van der Waals surface area (Å²) in [5, 5.41) is 0. The molecule has 0 spiro atoms. The molecule has 0 radical (unpaired) electrons. The second kappa shape index (κ2) is 6.78. The number of anilines is 1. The Morgan fingerprint density at radius 2 is 1.75 bits per heavy atom. The summed E-state index contributed by atoms with van der Waals surface area (Å²) in [6.07, 6.45) is 0. The van der Waals surface area contributed by atoms with Crippen LogP contribution in [-0.4, -0.2) is 54.2 Å². The number of benzene rings is 2. The summed E-state index contributed by atoms with van der Waals surface area (Å²) in [5.41, 5.74) is 2.20. The van der Waals surface area contributed by atoms with Crippen LogP contribution in [0.25, 0.3) is 0 Å². The first-order valence-electron chi connectivity index (χ1n) is 6.81. The van der Waals surface area contributed by atoms with E-state index in [0.717, 1.165) is 17.2 Å². The van der Waals surface area contributed by atoms with Crippen LogP contribution in [-0.2, 0) is 21.5 Å². The maximum absolute atomic E-state index is 12.2. The summed E-state index contributed by atoms with van der Waals surface area (Å²) in [6.45, 7) is 2.12. The van der Waals surface area contributed by atoms with Crippen molar-refractivity contribution in [2.75, 3.05) is 4.90 Å². The van der Waals surface area contributed by atoms with Crippen LogP contribution in [0.1, 0.15) is 21.5 Å². The maximum atomic E-state index is 12.2. The van der Waals surface area contributed by atoms with Crippen LogP contribution in [0.4, 0.5) is 5.69 Å². The van der Waals surface area contributed by atoms with E-state index in [4.69, 9.17) is 4.55 Å². The number of rotatable bonds is 3. The number of hydrogen-bond acceptors (Lipinski definition) is 4. The van der Waals surface area contributed by atoms with E-state index in [1.165, 1.54) is 17.0 Å². The molecule has 0 unspecified atom stereocenters. The number of Topliss-reactive ketones (excluding diaryl/α,β-unsaturated/α-hetero) is 1. The summed E-state index contributed by atoms with van der Waals surface area (Å²) in [6, 6.07) is 11.0. The molecule has 120 valence electrons. The molecule has 1 amide bonds. The van der Waals surface area contributed by atoms with Gasteiger partial charge in [-0.1, -0.05) is 24.3 Å². The number of aryl methyl sites for hydroxylation is 1. The van der Waals surface area contributed by atoms with Gasteiger partial charge in [0.1, 0.15) is 0 Å². The fourth-order valence-electron chi connectivity index (χ4n) is 2.55. The van der Waals surface area contributed by atoms with E-state index in [1.807, 2.05) is 31.2 Å². The van der Waals surface area contributed by atoms with E-state index >= 15 is 0 Å². The second-order valence-electron chi connectivity index (χ2n) is 5.30. The minimum absolute atomic E-state index is 0. The summed E-state index contributed by atoms with van der Waals surface area (Å²) < 4.78 is 31.4. The van der Waals surface area contributed by atoms with Gasteiger partial charge < -0.3 is 4.90 Å². The van der Waals surface area contributed by atoms with Crippen molar-refractivity contribution >= 4 is 57.1 Å². The van der Waals surface area contributed by atoms with Gasteiger partial charge >= 0.3 is 29.6 Å². The van der Waals surface area contributed by atoms with Crippen molar-refractivity contribution in [1.29, 1.82) is 0 Å². The van der Waals surface area contributed by atoms with Gasteiger partial charge in [-0.25, -0.2) is 0 Å². The average Bonchev–Trinajstić information content (AvgIpc) is 2.73. The Morgan fingerprint density at radius 3 is 2.38 bits per heavy atom. The normalized spacial score (nSPS) is 13.7. The number of nitrogens with zero attached hydrogens (tertiary/aromatic N) is 1. The quantitative estimate of drug-likeness (QED) is 0.509. The van der Waals surface area contributed by atoms with Crippen LogP contribution in [0.3, 0.4) is 0 Å². The Bertz CT molecular complexity index is 939. The van der Waals surface area contributed by atoms with Crippen molar-refractivity contribution in [3.63, 3.8) is 0 Å². The van der Waals surface area contributed by atoms with E-state index in [0.29, 0.717) is 5.69 Å². The van der Waals surface area contributed by atoms with E-state index in [2.05, 4.69) is 0 Å². The zero-order valence-corrected chi connectivity index (χ0v) is 13.0. The van der Waals surface area contributed by atoms with E-state index in [-0.39, 0.29) is 41.7 Å². The fraction of sp³-hybridized carbons (Fsp3) is 0.125. The molecular formula is C16H14NNaO5S. The zero-order chi connectivity index (χ0) is 16.8. The number of amides is 1. The Labute approximate surface area is 161 Å². The Morgan fingerprint density at radius 1 is 1.08 bits per heavy atom. The van der Waals surface area contributed by atoms with Crippen molar-refractivity contribution in [3.05, 3.63) is 59.2 Å². The molecule has 2 aromatic rings. The number of carbonyl (C=O) groups excluding carboxylic acids is 2. The van der Waals surface area contributed by atoms with Gasteiger partial charge in [-0.15, -0.1) is 0 Å². The standard InChI is InChI=1S/C16H13NO5S.Na.H/c1-10-4-2-3-5-11(10)9-17-14-7-6-12(23(20,21)22)8-13(14)15(18)16(17)19;;/h2-8H,9H2,1H3,(H,20,21,22);;. The molecule has 0 fully saturated rings.